The maximum absolute atomic E-state index is 11.8. The van der Waals surface area contributed by atoms with Crippen LogP contribution in [-0.2, 0) is 0 Å². The Hall–Kier alpha value is -2.30. The van der Waals surface area contributed by atoms with Crippen LogP contribution in [-0.4, -0.2) is 10.9 Å². The van der Waals surface area contributed by atoms with Gasteiger partial charge in [0, 0.05) is 11.1 Å². The Morgan fingerprint density at radius 3 is 2.58 bits per heavy atom. The van der Waals surface area contributed by atoms with Gasteiger partial charge in [0.15, 0.2) is 0 Å². The summed E-state index contributed by atoms with van der Waals surface area (Å²) in [6.07, 6.45) is 3.56. The smallest absolute Gasteiger partial charge is 0.261 e. The lowest BCUT2D eigenvalue weighted by Gasteiger charge is -2.26. The highest BCUT2D eigenvalue weighted by Gasteiger charge is 2.21. The summed E-state index contributed by atoms with van der Waals surface area (Å²) in [5, 5.41) is 0.663. The molecular formula is C14H15N3O2. The Labute approximate surface area is 109 Å². The van der Waals surface area contributed by atoms with Gasteiger partial charge in [-0.1, -0.05) is 6.42 Å². The van der Waals surface area contributed by atoms with Gasteiger partial charge in [0.25, 0.3) is 11.5 Å². The van der Waals surface area contributed by atoms with Crippen molar-refractivity contribution in [2.45, 2.75) is 25.2 Å². The van der Waals surface area contributed by atoms with Crippen molar-refractivity contribution in [2.75, 3.05) is 5.73 Å². The molecule has 0 aliphatic heterocycles. The summed E-state index contributed by atoms with van der Waals surface area (Å²) in [5.41, 5.74) is 13.0. The number of benzene rings is 1. The van der Waals surface area contributed by atoms with Crippen LogP contribution in [0.2, 0.25) is 0 Å². The van der Waals surface area contributed by atoms with Crippen LogP contribution >= 0.6 is 0 Å². The molecular weight excluding hydrogens is 242 g/mol. The van der Waals surface area contributed by atoms with Crippen molar-refractivity contribution < 1.29 is 4.79 Å². The van der Waals surface area contributed by atoms with Crippen molar-refractivity contribution in [3.8, 4) is 0 Å². The number of rotatable bonds is 2. The van der Waals surface area contributed by atoms with Gasteiger partial charge < -0.3 is 16.5 Å². The van der Waals surface area contributed by atoms with E-state index in [1.165, 1.54) is 12.5 Å². The molecule has 1 heterocycles. The Morgan fingerprint density at radius 2 is 2.00 bits per heavy atom. The molecule has 1 amide bonds. The second-order valence-electron chi connectivity index (χ2n) is 5.08. The number of H-pyrrole nitrogens is 1. The number of nitrogens with one attached hydrogen (secondary N) is 1. The van der Waals surface area contributed by atoms with Gasteiger partial charge in [0.1, 0.15) is 5.56 Å². The van der Waals surface area contributed by atoms with Crippen LogP contribution in [0.15, 0.2) is 23.0 Å². The summed E-state index contributed by atoms with van der Waals surface area (Å²) in [4.78, 5) is 25.6. The molecule has 1 saturated carbocycles. The monoisotopic (exact) mass is 257 g/mol. The molecule has 0 spiro atoms. The van der Waals surface area contributed by atoms with Gasteiger partial charge in [-0.25, -0.2) is 0 Å². The third-order valence-corrected chi connectivity index (χ3v) is 3.86. The Kier molecular flexibility index (Phi) is 2.55. The van der Waals surface area contributed by atoms with E-state index in [0.717, 1.165) is 18.4 Å². The van der Waals surface area contributed by atoms with Gasteiger partial charge in [-0.3, -0.25) is 9.59 Å². The second-order valence-corrected chi connectivity index (χ2v) is 5.08. The summed E-state index contributed by atoms with van der Waals surface area (Å²) in [6.45, 7) is 0. The molecule has 1 aliphatic carbocycles. The van der Waals surface area contributed by atoms with E-state index in [9.17, 15) is 9.59 Å². The molecule has 5 N–H and O–H groups in total. The minimum Gasteiger partial charge on any atom is -0.398 e. The lowest BCUT2D eigenvalue weighted by molar-refractivity contribution is 0.0999. The van der Waals surface area contributed by atoms with Crippen LogP contribution in [0.1, 0.15) is 41.1 Å². The summed E-state index contributed by atoms with van der Waals surface area (Å²) in [7, 11) is 0. The van der Waals surface area contributed by atoms with Crippen LogP contribution < -0.4 is 17.0 Å². The predicted molar refractivity (Wildman–Crippen MR) is 74.1 cm³/mol. The average Bonchev–Trinajstić information content (AvgIpc) is 2.25. The average molecular weight is 257 g/mol. The number of hydrogen-bond donors (Lipinski definition) is 3. The fourth-order valence-electron chi connectivity index (χ4n) is 2.52. The van der Waals surface area contributed by atoms with Gasteiger partial charge in [0.05, 0.1) is 5.52 Å². The normalized spacial score (nSPS) is 15.4. The Balaban J connectivity index is 2.23. The number of carbonyl (C=O) groups excluding carboxylic acids is 1. The largest absolute Gasteiger partial charge is 0.398 e. The predicted octanol–water partition coefficient (Wildman–Crippen LogP) is 1.48. The lowest BCUT2D eigenvalue weighted by atomic mass is 9.79. The summed E-state index contributed by atoms with van der Waals surface area (Å²) < 4.78 is 0. The standard InChI is InChI=1S/C14H15N3O2/c15-11-4-8(7-2-1-3-7)5-12-9(11)6-10(13(16)18)14(19)17-12/h4-7H,1-3,15H2,(H2,16,18)(H,17,19). The molecule has 98 valence electrons. The number of hydrogen-bond acceptors (Lipinski definition) is 3. The number of pyridine rings is 1. The molecule has 5 nitrogen and oxygen atoms in total. The van der Waals surface area contributed by atoms with E-state index in [0.29, 0.717) is 22.5 Å². The fraction of sp³-hybridized carbons (Fsp3) is 0.286. The first-order chi connectivity index (χ1) is 9.06. The summed E-state index contributed by atoms with van der Waals surface area (Å²) in [5.74, 6) is -0.211. The molecule has 0 unspecified atom stereocenters. The Morgan fingerprint density at radius 1 is 1.26 bits per heavy atom. The van der Waals surface area contributed by atoms with E-state index in [4.69, 9.17) is 11.5 Å². The van der Waals surface area contributed by atoms with Crippen LogP contribution in [0.3, 0.4) is 0 Å². The van der Waals surface area contributed by atoms with Crippen molar-refractivity contribution in [1.82, 2.24) is 4.98 Å². The first-order valence-electron chi connectivity index (χ1n) is 6.32. The van der Waals surface area contributed by atoms with E-state index in [-0.39, 0.29) is 5.56 Å². The molecule has 1 aliphatic rings. The maximum Gasteiger partial charge on any atom is 0.261 e. The zero-order chi connectivity index (χ0) is 13.6. The third-order valence-electron chi connectivity index (χ3n) is 3.86. The topological polar surface area (TPSA) is 102 Å². The quantitative estimate of drug-likeness (QED) is 0.710. The first-order valence-corrected chi connectivity index (χ1v) is 6.32. The van der Waals surface area contributed by atoms with Crippen molar-refractivity contribution in [2.24, 2.45) is 5.73 Å². The van der Waals surface area contributed by atoms with E-state index < -0.39 is 11.5 Å². The highest BCUT2D eigenvalue weighted by Crippen LogP contribution is 2.38. The number of primary amides is 1. The van der Waals surface area contributed by atoms with Crippen molar-refractivity contribution >= 4 is 22.5 Å². The summed E-state index contributed by atoms with van der Waals surface area (Å²) >= 11 is 0. The minimum absolute atomic E-state index is 0.0596. The molecule has 0 atom stereocenters. The molecule has 3 rings (SSSR count). The van der Waals surface area contributed by atoms with Crippen molar-refractivity contribution in [3.05, 3.63) is 39.7 Å². The fourth-order valence-corrected chi connectivity index (χ4v) is 2.52. The number of aromatic amines is 1. The zero-order valence-electron chi connectivity index (χ0n) is 10.4. The molecule has 1 fully saturated rings. The van der Waals surface area contributed by atoms with Gasteiger partial charge in [-0.2, -0.15) is 0 Å². The van der Waals surface area contributed by atoms with Crippen LogP contribution in [0.25, 0.3) is 10.9 Å². The Bertz CT molecular complexity index is 729. The molecule has 0 radical (unpaired) electrons. The van der Waals surface area contributed by atoms with E-state index in [1.54, 1.807) is 0 Å². The molecule has 19 heavy (non-hydrogen) atoms. The molecule has 0 saturated heterocycles. The van der Waals surface area contributed by atoms with Crippen LogP contribution in [0.4, 0.5) is 5.69 Å². The van der Waals surface area contributed by atoms with E-state index in [1.807, 2.05) is 12.1 Å². The third kappa shape index (κ3) is 1.87. The van der Waals surface area contributed by atoms with Crippen LogP contribution in [0.5, 0.6) is 0 Å². The summed E-state index contributed by atoms with van der Waals surface area (Å²) in [6, 6.07) is 5.34. The zero-order valence-corrected chi connectivity index (χ0v) is 10.4. The maximum atomic E-state index is 11.8. The number of nitrogens with two attached hydrogens (primary N) is 2. The number of anilines is 1. The molecule has 1 aromatic carbocycles. The highest BCUT2D eigenvalue weighted by atomic mass is 16.2. The van der Waals surface area contributed by atoms with Gasteiger partial charge in [-0.05, 0) is 42.5 Å². The molecule has 2 aromatic rings. The second kappa shape index (κ2) is 4.12. The van der Waals surface area contributed by atoms with E-state index in [2.05, 4.69) is 4.98 Å². The number of fused-ring (bicyclic) bond motifs is 1. The highest BCUT2D eigenvalue weighted by molar-refractivity contribution is 5.99. The number of carbonyl (C=O) groups is 1. The van der Waals surface area contributed by atoms with Crippen LogP contribution in [0, 0.1) is 0 Å². The minimum atomic E-state index is -0.745. The SMILES string of the molecule is NC(=O)c1cc2c(N)cc(C3CCC3)cc2[nH]c1=O. The van der Waals surface area contributed by atoms with E-state index >= 15 is 0 Å². The number of nitrogen functional groups attached to an aromatic ring is 1. The van der Waals surface area contributed by atoms with Crippen molar-refractivity contribution in [1.29, 1.82) is 0 Å². The van der Waals surface area contributed by atoms with Gasteiger partial charge >= 0.3 is 0 Å². The lowest BCUT2D eigenvalue weighted by Crippen LogP contribution is -2.23. The number of aromatic nitrogens is 1. The first kappa shape index (κ1) is 11.8. The van der Waals surface area contributed by atoms with Crippen molar-refractivity contribution in [3.63, 3.8) is 0 Å². The van der Waals surface area contributed by atoms with Gasteiger partial charge in [0.2, 0.25) is 0 Å². The number of amides is 1. The molecule has 0 bridgehead atoms. The van der Waals surface area contributed by atoms with Gasteiger partial charge in [-0.15, -0.1) is 0 Å². The molecule has 1 aromatic heterocycles. The molecule has 5 heteroatoms.